The molecule has 0 saturated heterocycles. The van der Waals surface area contributed by atoms with Crippen LogP contribution in [0.15, 0.2) is 41.3 Å². The Morgan fingerprint density at radius 3 is 2.52 bits per heavy atom. The molecule has 2 aromatic rings. The molecule has 2 rings (SSSR count). The predicted molar refractivity (Wildman–Crippen MR) is 81.6 cm³/mol. The molecule has 0 bridgehead atoms. The van der Waals surface area contributed by atoms with Gasteiger partial charge in [0.2, 0.25) is 0 Å². The van der Waals surface area contributed by atoms with Gasteiger partial charge in [-0.05, 0) is 56.2 Å². The number of nitrogens with zero attached hydrogens (tertiary/aromatic N) is 1. The minimum absolute atomic E-state index is 0.0989. The zero-order valence-electron chi connectivity index (χ0n) is 12.2. The summed E-state index contributed by atoms with van der Waals surface area (Å²) in [4.78, 5) is 4.26. The molecule has 0 amide bonds. The van der Waals surface area contributed by atoms with Gasteiger partial charge in [0, 0.05) is 5.69 Å². The Bertz CT molecular complexity index is 735. The summed E-state index contributed by atoms with van der Waals surface area (Å²) in [6.07, 6.45) is -0.723. The van der Waals surface area contributed by atoms with Crippen LogP contribution in [0, 0.1) is 13.8 Å². The number of pyridine rings is 1. The Balaban J connectivity index is 2.36. The molecular formula is C15H18N2O3S. The van der Waals surface area contributed by atoms with Crippen LogP contribution >= 0.6 is 0 Å². The van der Waals surface area contributed by atoms with Crippen molar-refractivity contribution in [2.24, 2.45) is 0 Å². The van der Waals surface area contributed by atoms with E-state index in [1.54, 1.807) is 32.0 Å². The summed E-state index contributed by atoms with van der Waals surface area (Å²) >= 11 is 0. The molecule has 5 nitrogen and oxygen atoms in total. The molecule has 0 aliphatic rings. The van der Waals surface area contributed by atoms with E-state index < -0.39 is 16.1 Å². The normalized spacial score (nSPS) is 13.0. The van der Waals surface area contributed by atoms with Crippen molar-refractivity contribution in [3.05, 3.63) is 53.2 Å². The molecular weight excluding hydrogens is 288 g/mol. The highest BCUT2D eigenvalue weighted by molar-refractivity contribution is 7.92. The lowest BCUT2D eigenvalue weighted by Gasteiger charge is -2.11. The van der Waals surface area contributed by atoms with Crippen LogP contribution in [0.5, 0.6) is 0 Å². The van der Waals surface area contributed by atoms with E-state index in [1.807, 2.05) is 13.0 Å². The smallest absolute Gasteiger partial charge is 0.263 e. The van der Waals surface area contributed by atoms with Crippen molar-refractivity contribution in [3.63, 3.8) is 0 Å². The molecule has 0 aliphatic heterocycles. The van der Waals surface area contributed by atoms with Crippen LogP contribution in [-0.4, -0.2) is 18.5 Å². The van der Waals surface area contributed by atoms with Crippen LogP contribution in [0.2, 0.25) is 0 Å². The van der Waals surface area contributed by atoms with Crippen molar-refractivity contribution in [2.75, 3.05) is 4.72 Å². The van der Waals surface area contributed by atoms with E-state index in [-0.39, 0.29) is 10.7 Å². The van der Waals surface area contributed by atoms with E-state index in [0.29, 0.717) is 5.56 Å². The lowest BCUT2D eigenvalue weighted by atomic mass is 10.1. The van der Waals surface area contributed by atoms with Crippen molar-refractivity contribution in [1.29, 1.82) is 0 Å². The first-order chi connectivity index (χ1) is 9.78. The average molecular weight is 306 g/mol. The molecule has 1 heterocycles. The summed E-state index contributed by atoms with van der Waals surface area (Å²) < 4.78 is 27.2. The fourth-order valence-corrected chi connectivity index (χ4v) is 3.08. The molecule has 6 heteroatoms. The van der Waals surface area contributed by atoms with Crippen molar-refractivity contribution in [2.45, 2.75) is 31.8 Å². The third-order valence-corrected chi connectivity index (χ3v) is 4.34. The molecule has 1 aromatic heterocycles. The van der Waals surface area contributed by atoms with Crippen LogP contribution in [0.1, 0.15) is 29.8 Å². The lowest BCUT2D eigenvalue weighted by molar-refractivity contribution is 0.199. The van der Waals surface area contributed by atoms with E-state index in [1.165, 1.54) is 12.1 Å². The third kappa shape index (κ3) is 3.80. The summed E-state index contributed by atoms with van der Waals surface area (Å²) in [6.45, 7) is 5.27. The molecule has 1 unspecified atom stereocenters. The Labute approximate surface area is 124 Å². The highest BCUT2D eigenvalue weighted by Crippen LogP contribution is 2.20. The second kappa shape index (κ2) is 5.83. The van der Waals surface area contributed by atoms with Gasteiger partial charge in [0.05, 0.1) is 11.0 Å². The minimum atomic E-state index is -3.73. The number of hydrogen-bond donors (Lipinski definition) is 2. The van der Waals surface area contributed by atoms with Crippen molar-refractivity contribution < 1.29 is 13.5 Å². The number of aliphatic hydroxyl groups excluding tert-OH is 1. The molecule has 0 fully saturated rings. The number of aryl methyl sites for hydroxylation is 2. The van der Waals surface area contributed by atoms with Gasteiger partial charge >= 0.3 is 0 Å². The first kappa shape index (κ1) is 15.5. The number of aromatic nitrogens is 1. The third-order valence-electron chi connectivity index (χ3n) is 2.99. The topological polar surface area (TPSA) is 79.3 Å². The van der Waals surface area contributed by atoms with Gasteiger partial charge in [-0.3, -0.25) is 4.72 Å². The van der Waals surface area contributed by atoms with Crippen molar-refractivity contribution >= 4 is 15.8 Å². The molecule has 0 spiro atoms. The first-order valence-corrected chi connectivity index (χ1v) is 8.02. The van der Waals surface area contributed by atoms with Crippen LogP contribution in [-0.2, 0) is 10.0 Å². The Hall–Kier alpha value is -1.92. The summed E-state index contributed by atoms with van der Waals surface area (Å²) in [5.74, 6) is 0.287. The Morgan fingerprint density at radius 2 is 1.90 bits per heavy atom. The van der Waals surface area contributed by atoms with Gasteiger partial charge in [0.25, 0.3) is 10.0 Å². The largest absolute Gasteiger partial charge is 0.389 e. The summed E-state index contributed by atoms with van der Waals surface area (Å²) in [7, 11) is -3.73. The Kier molecular flexibility index (Phi) is 4.29. The summed E-state index contributed by atoms with van der Waals surface area (Å²) in [6, 6.07) is 9.76. The SMILES string of the molecule is Cc1cc(C)nc(NS(=O)(=O)c2cccc(C(C)O)c2)c1. The predicted octanol–water partition coefficient (Wildman–Crippen LogP) is 2.55. The van der Waals surface area contributed by atoms with Crippen LogP contribution in [0.3, 0.4) is 0 Å². The zero-order valence-corrected chi connectivity index (χ0v) is 13.0. The van der Waals surface area contributed by atoms with Gasteiger partial charge in [0.15, 0.2) is 0 Å². The van der Waals surface area contributed by atoms with Gasteiger partial charge in [-0.2, -0.15) is 0 Å². The fraction of sp³-hybridized carbons (Fsp3) is 0.267. The molecule has 0 aliphatic carbocycles. The minimum Gasteiger partial charge on any atom is -0.389 e. The molecule has 0 radical (unpaired) electrons. The molecule has 2 N–H and O–H groups in total. The molecule has 112 valence electrons. The summed E-state index contributed by atoms with van der Waals surface area (Å²) in [5, 5.41) is 9.55. The van der Waals surface area contributed by atoms with Gasteiger partial charge in [-0.1, -0.05) is 12.1 Å². The van der Waals surface area contributed by atoms with Crippen molar-refractivity contribution in [1.82, 2.24) is 4.98 Å². The van der Waals surface area contributed by atoms with E-state index in [0.717, 1.165) is 11.3 Å². The number of rotatable bonds is 4. The highest BCUT2D eigenvalue weighted by atomic mass is 32.2. The second-order valence-corrected chi connectivity index (χ2v) is 6.71. The van der Waals surface area contributed by atoms with Crippen LogP contribution in [0.25, 0.3) is 0 Å². The first-order valence-electron chi connectivity index (χ1n) is 6.54. The highest BCUT2D eigenvalue weighted by Gasteiger charge is 2.16. The number of benzene rings is 1. The monoisotopic (exact) mass is 306 g/mol. The quantitative estimate of drug-likeness (QED) is 0.910. The fourth-order valence-electron chi connectivity index (χ4n) is 2.03. The van der Waals surface area contributed by atoms with E-state index in [4.69, 9.17) is 0 Å². The zero-order chi connectivity index (χ0) is 15.6. The van der Waals surface area contributed by atoms with E-state index >= 15 is 0 Å². The molecule has 1 atom stereocenters. The van der Waals surface area contributed by atoms with E-state index in [2.05, 4.69) is 9.71 Å². The lowest BCUT2D eigenvalue weighted by Crippen LogP contribution is -2.14. The standard InChI is InChI=1S/C15H18N2O3S/c1-10-7-11(2)16-15(8-10)17-21(19,20)14-6-4-5-13(9-14)12(3)18/h4-9,12,18H,1-3H3,(H,16,17). The number of nitrogens with one attached hydrogen (secondary N) is 1. The summed E-state index contributed by atoms with van der Waals surface area (Å²) in [5.41, 5.74) is 2.22. The number of sulfonamides is 1. The van der Waals surface area contributed by atoms with Crippen LogP contribution in [0.4, 0.5) is 5.82 Å². The molecule has 21 heavy (non-hydrogen) atoms. The second-order valence-electron chi connectivity index (χ2n) is 5.03. The van der Waals surface area contributed by atoms with Gasteiger partial charge in [0.1, 0.15) is 5.82 Å². The number of anilines is 1. The number of aliphatic hydroxyl groups is 1. The maximum atomic E-state index is 12.4. The molecule has 1 aromatic carbocycles. The molecule has 0 saturated carbocycles. The van der Waals surface area contributed by atoms with Crippen LogP contribution < -0.4 is 4.72 Å². The van der Waals surface area contributed by atoms with Gasteiger partial charge in [-0.25, -0.2) is 13.4 Å². The maximum Gasteiger partial charge on any atom is 0.263 e. The average Bonchev–Trinajstić information content (AvgIpc) is 2.37. The van der Waals surface area contributed by atoms with Gasteiger partial charge < -0.3 is 5.11 Å². The van der Waals surface area contributed by atoms with Crippen molar-refractivity contribution in [3.8, 4) is 0 Å². The van der Waals surface area contributed by atoms with Gasteiger partial charge in [-0.15, -0.1) is 0 Å². The number of hydrogen-bond acceptors (Lipinski definition) is 4. The Morgan fingerprint density at radius 1 is 1.19 bits per heavy atom. The van der Waals surface area contributed by atoms with E-state index in [9.17, 15) is 13.5 Å². The maximum absolute atomic E-state index is 12.4.